The number of nitrogens with two attached hydrogens (primary N) is 1. The molecule has 0 aromatic carbocycles. The van der Waals surface area contributed by atoms with Crippen LogP contribution in [-0.2, 0) is 30.3 Å². The van der Waals surface area contributed by atoms with Crippen LogP contribution in [-0.4, -0.2) is 75.1 Å². The van der Waals surface area contributed by atoms with E-state index in [0.717, 1.165) is 5.06 Å². The molecule has 12 nitrogen and oxygen atoms in total. The van der Waals surface area contributed by atoms with E-state index in [1.807, 2.05) is 0 Å². The molecule has 0 unspecified atom stereocenters. The fourth-order valence-corrected chi connectivity index (χ4v) is 2.96. The zero-order valence-corrected chi connectivity index (χ0v) is 19.9. The zero-order valence-electron chi connectivity index (χ0n) is 19.9. The molecule has 2 aliphatic carbocycles. The van der Waals surface area contributed by atoms with Gasteiger partial charge < -0.3 is 34.5 Å². The Bertz CT molecular complexity index is 923. The first-order chi connectivity index (χ1) is 16.8. The molecule has 0 atom stereocenters. The summed E-state index contributed by atoms with van der Waals surface area (Å²) in [6, 6.07) is 6.46. The summed E-state index contributed by atoms with van der Waals surface area (Å²) in [6.45, 7) is 3.87. The fourth-order valence-electron chi connectivity index (χ4n) is 2.96. The Morgan fingerprint density at radius 1 is 0.886 bits per heavy atom. The molecule has 0 saturated carbocycles. The van der Waals surface area contributed by atoms with Crippen LogP contribution in [0, 0.1) is 0 Å². The molecular formula is C23H30N2O10. The van der Waals surface area contributed by atoms with Gasteiger partial charge in [-0.05, 0) is 19.4 Å². The molecule has 35 heavy (non-hydrogen) atoms. The highest BCUT2D eigenvalue weighted by molar-refractivity contribution is 5.95. The quantitative estimate of drug-likeness (QED) is 0.254. The van der Waals surface area contributed by atoms with Gasteiger partial charge in [-0.1, -0.05) is 24.3 Å². The van der Waals surface area contributed by atoms with Crippen LogP contribution in [0.25, 0.3) is 11.1 Å². The molecule has 0 fully saturated rings. The van der Waals surface area contributed by atoms with Gasteiger partial charge in [0, 0.05) is 18.2 Å². The van der Waals surface area contributed by atoms with Crippen LogP contribution in [0.15, 0.2) is 24.3 Å². The number of hydrogen-bond donors (Lipinski definition) is 2. The molecule has 0 spiro atoms. The molecule has 3 N–H and O–H groups in total. The number of aliphatic hydroxyl groups is 1. The van der Waals surface area contributed by atoms with E-state index < -0.39 is 12.3 Å². The van der Waals surface area contributed by atoms with Crippen molar-refractivity contribution in [3.63, 3.8) is 0 Å². The number of aliphatic hydroxyl groups excluding tert-OH is 1. The number of ether oxygens (including phenoxy) is 5. The summed E-state index contributed by atoms with van der Waals surface area (Å²) in [5.74, 6) is -0.423. The maximum Gasteiger partial charge on any atom is 0.513 e. The van der Waals surface area contributed by atoms with Crippen molar-refractivity contribution in [3.8, 4) is 22.6 Å². The summed E-state index contributed by atoms with van der Waals surface area (Å²) < 4.78 is 25.2. The number of nitrogen functional groups attached to an aromatic ring is 1. The number of amides is 1. The summed E-state index contributed by atoms with van der Waals surface area (Å²) >= 11 is 0. The van der Waals surface area contributed by atoms with Crippen LogP contribution >= 0.6 is 0 Å². The lowest BCUT2D eigenvalue weighted by molar-refractivity contribution is -0.181. The average Bonchev–Trinajstić information content (AvgIpc) is 2.94. The summed E-state index contributed by atoms with van der Waals surface area (Å²) in [6.07, 6.45) is -1.96. The summed E-state index contributed by atoms with van der Waals surface area (Å²) in [7, 11) is 1.48. The molecule has 0 radical (unpaired) electrons. The van der Waals surface area contributed by atoms with Crippen molar-refractivity contribution in [2.45, 2.75) is 20.3 Å². The number of hydroxylamine groups is 2. The molecule has 0 aliphatic heterocycles. The number of carbonyl (C=O) groups excluding carboxylic acids is 3. The van der Waals surface area contributed by atoms with E-state index in [1.165, 1.54) is 7.05 Å². The SMILES string of the molecule is CCOC(=O)Oc1c2ccc(CC(=O)N(C)OCCOCCO)ccc-2c(OC(=O)OCC)c1N. The summed E-state index contributed by atoms with van der Waals surface area (Å²) in [4.78, 5) is 41.7. The Hall–Kier alpha value is -3.61. The summed E-state index contributed by atoms with van der Waals surface area (Å²) in [5.41, 5.74) is 7.35. The summed E-state index contributed by atoms with van der Waals surface area (Å²) in [5, 5.41) is 9.78. The maximum absolute atomic E-state index is 12.5. The first-order valence-corrected chi connectivity index (χ1v) is 10.9. The van der Waals surface area contributed by atoms with E-state index >= 15 is 0 Å². The number of nitrogens with zero attached hydrogens (tertiary/aromatic N) is 1. The van der Waals surface area contributed by atoms with E-state index in [4.69, 9.17) is 39.4 Å². The second kappa shape index (κ2) is 13.9. The standard InChI is InChI=1S/C23H30N2O10/c1-4-31-22(28)34-20-16-8-6-15(14-18(27)25(3)33-13-12-30-11-10-26)7-9-17(16)21(19(20)24)35-23(29)32-5-2/h6-9,26H,4-5,10-14,24H2,1-3H3. The zero-order chi connectivity index (χ0) is 25.8. The van der Waals surface area contributed by atoms with E-state index in [0.29, 0.717) is 16.7 Å². The Morgan fingerprint density at radius 2 is 1.43 bits per heavy atom. The minimum Gasteiger partial charge on any atom is -0.434 e. The van der Waals surface area contributed by atoms with Gasteiger partial charge in [0.05, 0.1) is 46.1 Å². The Labute approximate surface area is 202 Å². The molecule has 0 aromatic heterocycles. The second-order valence-corrected chi connectivity index (χ2v) is 6.95. The molecular weight excluding hydrogens is 464 g/mol. The van der Waals surface area contributed by atoms with Gasteiger partial charge in [0.15, 0.2) is 11.5 Å². The minimum atomic E-state index is -0.975. The van der Waals surface area contributed by atoms with Crippen molar-refractivity contribution in [1.82, 2.24) is 5.06 Å². The number of fused-ring (bicyclic) bond motifs is 1. The largest absolute Gasteiger partial charge is 0.513 e. The van der Waals surface area contributed by atoms with Gasteiger partial charge in [0.25, 0.3) is 0 Å². The number of anilines is 1. The molecule has 0 bridgehead atoms. The van der Waals surface area contributed by atoms with Gasteiger partial charge in [-0.3, -0.25) is 9.63 Å². The number of carbonyl (C=O) groups is 3. The van der Waals surface area contributed by atoms with Gasteiger partial charge in [0.2, 0.25) is 5.91 Å². The van der Waals surface area contributed by atoms with Crippen LogP contribution < -0.4 is 15.2 Å². The number of rotatable bonds is 12. The predicted molar refractivity (Wildman–Crippen MR) is 123 cm³/mol. The molecule has 2 rings (SSSR count). The molecule has 1 amide bonds. The Morgan fingerprint density at radius 3 is 1.91 bits per heavy atom. The van der Waals surface area contributed by atoms with Crippen LogP contribution in [0.5, 0.6) is 11.5 Å². The van der Waals surface area contributed by atoms with Crippen molar-refractivity contribution >= 4 is 23.9 Å². The van der Waals surface area contributed by atoms with Gasteiger partial charge in [0.1, 0.15) is 5.69 Å². The lowest BCUT2D eigenvalue weighted by Crippen LogP contribution is -2.29. The smallest absolute Gasteiger partial charge is 0.434 e. The highest BCUT2D eigenvalue weighted by atomic mass is 16.7. The third-order valence-corrected chi connectivity index (χ3v) is 4.55. The van der Waals surface area contributed by atoms with E-state index in [-0.39, 0.29) is 69.2 Å². The van der Waals surface area contributed by atoms with Crippen LogP contribution in [0.2, 0.25) is 0 Å². The maximum atomic E-state index is 12.5. The minimum absolute atomic E-state index is 0.0110. The highest BCUT2D eigenvalue weighted by Gasteiger charge is 2.28. The Balaban J connectivity index is 2.27. The highest BCUT2D eigenvalue weighted by Crippen LogP contribution is 2.50. The Kier molecular flexibility index (Phi) is 11.0. The average molecular weight is 494 g/mol. The van der Waals surface area contributed by atoms with Gasteiger partial charge in [-0.2, -0.15) is 0 Å². The van der Waals surface area contributed by atoms with Crippen molar-refractivity contribution in [3.05, 3.63) is 29.8 Å². The van der Waals surface area contributed by atoms with Crippen molar-refractivity contribution in [2.24, 2.45) is 0 Å². The van der Waals surface area contributed by atoms with E-state index in [2.05, 4.69) is 0 Å². The third-order valence-electron chi connectivity index (χ3n) is 4.55. The van der Waals surface area contributed by atoms with E-state index in [9.17, 15) is 14.4 Å². The van der Waals surface area contributed by atoms with Gasteiger partial charge in [-0.25, -0.2) is 14.7 Å². The van der Waals surface area contributed by atoms with Gasteiger partial charge in [-0.15, -0.1) is 0 Å². The molecule has 0 aromatic rings. The van der Waals surface area contributed by atoms with Crippen LogP contribution in [0.4, 0.5) is 15.3 Å². The topological polar surface area (TPSA) is 156 Å². The monoisotopic (exact) mass is 494 g/mol. The second-order valence-electron chi connectivity index (χ2n) is 6.95. The molecule has 12 heteroatoms. The first kappa shape index (κ1) is 27.6. The van der Waals surface area contributed by atoms with E-state index in [1.54, 1.807) is 38.1 Å². The lowest BCUT2D eigenvalue weighted by atomic mass is 10.2. The molecule has 0 heterocycles. The lowest BCUT2D eigenvalue weighted by Gasteiger charge is -2.16. The fraction of sp³-hybridized carbons (Fsp3) is 0.435. The van der Waals surface area contributed by atoms with Gasteiger partial charge >= 0.3 is 12.3 Å². The van der Waals surface area contributed by atoms with Crippen molar-refractivity contribution in [2.75, 3.05) is 52.4 Å². The number of hydrogen-bond acceptors (Lipinski definition) is 11. The molecule has 192 valence electrons. The van der Waals surface area contributed by atoms with Crippen molar-refractivity contribution < 1.29 is 48.0 Å². The normalized spacial score (nSPS) is 10.6. The van der Waals surface area contributed by atoms with Crippen molar-refractivity contribution in [1.29, 1.82) is 0 Å². The third kappa shape index (κ3) is 7.98. The molecule has 0 saturated heterocycles. The number of likely N-dealkylation sites (N-methyl/N-ethyl adjacent to an activating group) is 1. The predicted octanol–water partition coefficient (Wildman–Crippen LogP) is 2.39. The van der Waals surface area contributed by atoms with Crippen LogP contribution in [0.3, 0.4) is 0 Å². The molecule has 2 aliphatic rings. The first-order valence-electron chi connectivity index (χ1n) is 10.9. The van der Waals surface area contributed by atoms with Crippen LogP contribution in [0.1, 0.15) is 19.4 Å².